The Hall–Kier alpha value is -0.790. The van der Waals surface area contributed by atoms with Crippen molar-refractivity contribution in [1.29, 1.82) is 0 Å². The molecule has 0 bridgehead atoms. The van der Waals surface area contributed by atoms with Crippen LogP contribution < -0.4 is 0 Å². The number of hydrogen-bond donors (Lipinski definition) is 1. The van der Waals surface area contributed by atoms with Crippen LogP contribution in [0.3, 0.4) is 0 Å². The summed E-state index contributed by atoms with van der Waals surface area (Å²) in [5.74, 6) is -0.428. The summed E-state index contributed by atoms with van der Waals surface area (Å²) in [6, 6.07) is 0. The van der Waals surface area contributed by atoms with Gasteiger partial charge in [-0.2, -0.15) is 0 Å². The summed E-state index contributed by atoms with van der Waals surface area (Å²) < 4.78 is 0. The summed E-state index contributed by atoms with van der Waals surface area (Å²) in [5, 5.41) is 8.53. The molecule has 1 atom stereocenters. The zero-order valence-corrected chi connectivity index (χ0v) is 8.84. The second-order valence-electron chi connectivity index (χ2n) is 3.62. The van der Waals surface area contributed by atoms with Crippen LogP contribution >= 0.6 is 0 Å². The minimum atomic E-state index is -0.833. The van der Waals surface area contributed by atoms with Crippen molar-refractivity contribution in [2.24, 2.45) is 5.92 Å². The summed E-state index contributed by atoms with van der Waals surface area (Å²) in [6.07, 6.45) is 6.07. The molecule has 0 aromatic rings. The Labute approximate surface area is 80.7 Å². The Morgan fingerprint density at radius 3 is 2.54 bits per heavy atom. The normalized spacial score (nSPS) is 14.2. The molecule has 0 radical (unpaired) electrons. The first-order valence-corrected chi connectivity index (χ1v) is 4.99. The SMILES string of the molecule is CCCCCC(C)C(C)=CC(=O)O. The molecule has 76 valence electrons. The molecule has 0 amide bonds. The molecule has 1 N–H and O–H groups in total. The van der Waals surface area contributed by atoms with Crippen molar-refractivity contribution in [2.45, 2.75) is 46.5 Å². The van der Waals surface area contributed by atoms with Gasteiger partial charge in [0.15, 0.2) is 0 Å². The molecule has 0 aliphatic heterocycles. The molecule has 0 aromatic carbocycles. The lowest BCUT2D eigenvalue weighted by Crippen LogP contribution is -1.99. The standard InChI is InChI=1S/C11H20O2/c1-4-5-6-7-9(2)10(3)8-11(12)13/h8-9H,4-7H2,1-3H3,(H,12,13). The van der Waals surface area contributed by atoms with Gasteiger partial charge in [-0.05, 0) is 19.3 Å². The van der Waals surface area contributed by atoms with Gasteiger partial charge in [0.1, 0.15) is 0 Å². The molecule has 0 aliphatic carbocycles. The Balaban J connectivity index is 3.82. The van der Waals surface area contributed by atoms with Crippen molar-refractivity contribution < 1.29 is 9.90 Å². The van der Waals surface area contributed by atoms with Crippen molar-refractivity contribution >= 4 is 5.97 Å². The second kappa shape index (κ2) is 6.70. The number of carbonyl (C=O) groups is 1. The highest BCUT2D eigenvalue weighted by atomic mass is 16.4. The zero-order chi connectivity index (χ0) is 10.3. The molecule has 0 saturated heterocycles. The third-order valence-electron chi connectivity index (χ3n) is 2.37. The molecule has 13 heavy (non-hydrogen) atoms. The predicted molar refractivity (Wildman–Crippen MR) is 54.7 cm³/mol. The van der Waals surface area contributed by atoms with Gasteiger partial charge in [-0.3, -0.25) is 0 Å². The molecule has 0 spiro atoms. The topological polar surface area (TPSA) is 37.3 Å². The summed E-state index contributed by atoms with van der Waals surface area (Å²) >= 11 is 0. The van der Waals surface area contributed by atoms with E-state index in [2.05, 4.69) is 13.8 Å². The molecule has 2 heteroatoms. The number of allylic oxidation sites excluding steroid dienone is 1. The fourth-order valence-corrected chi connectivity index (χ4v) is 1.27. The van der Waals surface area contributed by atoms with Gasteiger partial charge in [0.05, 0.1) is 0 Å². The van der Waals surface area contributed by atoms with Crippen LogP contribution in [0.25, 0.3) is 0 Å². The van der Waals surface area contributed by atoms with Crippen molar-refractivity contribution in [1.82, 2.24) is 0 Å². The molecule has 0 heterocycles. The van der Waals surface area contributed by atoms with Crippen LogP contribution in [0.4, 0.5) is 0 Å². The van der Waals surface area contributed by atoms with E-state index in [0.717, 1.165) is 12.0 Å². The van der Waals surface area contributed by atoms with Crippen molar-refractivity contribution in [3.8, 4) is 0 Å². The van der Waals surface area contributed by atoms with Gasteiger partial charge in [-0.1, -0.05) is 38.7 Å². The van der Waals surface area contributed by atoms with Crippen molar-refractivity contribution in [3.63, 3.8) is 0 Å². The summed E-state index contributed by atoms with van der Waals surface area (Å²) in [5.41, 5.74) is 0.976. The maximum atomic E-state index is 10.4. The Bertz CT molecular complexity index is 183. The number of aliphatic carboxylic acids is 1. The lowest BCUT2D eigenvalue weighted by Gasteiger charge is -2.10. The summed E-state index contributed by atoms with van der Waals surface area (Å²) in [6.45, 7) is 6.15. The van der Waals surface area contributed by atoms with Gasteiger partial charge in [-0.15, -0.1) is 0 Å². The predicted octanol–water partition coefficient (Wildman–Crippen LogP) is 3.23. The highest BCUT2D eigenvalue weighted by molar-refractivity contribution is 5.80. The first kappa shape index (κ1) is 12.2. The van der Waals surface area contributed by atoms with Gasteiger partial charge in [0.25, 0.3) is 0 Å². The largest absolute Gasteiger partial charge is 0.478 e. The van der Waals surface area contributed by atoms with Crippen LogP contribution in [-0.2, 0) is 4.79 Å². The molecule has 0 saturated carbocycles. The molecular formula is C11H20O2. The van der Waals surface area contributed by atoms with E-state index in [1.807, 2.05) is 6.92 Å². The molecule has 1 unspecified atom stereocenters. The number of rotatable bonds is 6. The van der Waals surface area contributed by atoms with Gasteiger partial charge in [-0.25, -0.2) is 4.79 Å². The smallest absolute Gasteiger partial charge is 0.328 e. The monoisotopic (exact) mass is 184 g/mol. The van der Waals surface area contributed by atoms with Crippen LogP contribution in [0.15, 0.2) is 11.6 Å². The van der Waals surface area contributed by atoms with Crippen LogP contribution in [0.5, 0.6) is 0 Å². The van der Waals surface area contributed by atoms with Crippen LogP contribution in [0.1, 0.15) is 46.5 Å². The minimum absolute atomic E-state index is 0.405. The molecule has 0 fully saturated rings. The first-order valence-electron chi connectivity index (χ1n) is 4.99. The summed E-state index contributed by atoms with van der Waals surface area (Å²) in [7, 11) is 0. The number of carboxylic acids is 1. The number of hydrogen-bond acceptors (Lipinski definition) is 1. The van der Waals surface area contributed by atoms with E-state index in [-0.39, 0.29) is 0 Å². The lowest BCUT2D eigenvalue weighted by molar-refractivity contribution is -0.131. The molecular weight excluding hydrogens is 164 g/mol. The van der Waals surface area contributed by atoms with E-state index in [1.165, 1.54) is 25.3 Å². The van der Waals surface area contributed by atoms with Crippen molar-refractivity contribution in [2.75, 3.05) is 0 Å². The van der Waals surface area contributed by atoms with E-state index in [0.29, 0.717) is 5.92 Å². The highest BCUT2D eigenvalue weighted by Gasteiger charge is 2.04. The minimum Gasteiger partial charge on any atom is -0.478 e. The quantitative estimate of drug-likeness (QED) is 0.508. The molecule has 0 rings (SSSR count). The van der Waals surface area contributed by atoms with Gasteiger partial charge >= 0.3 is 5.97 Å². The maximum Gasteiger partial charge on any atom is 0.328 e. The number of unbranched alkanes of at least 4 members (excludes halogenated alkanes) is 2. The number of carboxylic acid groups (broad SMARTS) is 1. The Kier molecular flexibility index (Phi) is 6.29. The average molecular weight is 184 g/mol. The second-order valence-corrected chi connectivity index (χ2v) is 3.62. The van der Waals surface area contributed by atoms with Crippen LogP contribution in [0, 0.1) is 5.92 Å². The van der Waals surface area contributed by atoms with Gasteiger partial charge in [0.2, 0.25) is 0 Å². The Morgan fingerprint density at radius 2 is 2.08 bits per heavy atom. The maximum absolute atomic E-state index is 10.4. The lowest BCUT2D eigenvalue weighted by atomic mass is 9.96. The van der Waals surface area contributed by atoms with E-state index in [1.54, 1.807) is 0 Å². The first-order chi connectivity index (χ1) is 6.07. The molecule has 0 aromatic heterocycles. The summed E-state index contributed by atoms with van der Waals surface area (Å²) in [4.78, 5) is 10.4. The van der Waals surface area contributed by atoms with Gasteiger partial charge in [0, 0.05) is 6.08 Å². The fourth-order valence-electron chi connectivity index (χ4n) is 1.27. The van der Waals surface area contributed by atoms with E-state index in [9.17, 15) is 4.79 Å². The average Bonchev–Trinajstić information content (AvgIpc) is 2.03. The van der Waals surface area contributed by atoms with Crippen LogP contribution in [-0.4, -0.2) is 11.1 Å². The third kappa shape index (κ3) is 6.38. The van der Waals surface area contributed by atoms with E-state index in [4.69, 9.17) is 5.11 Å². The van der Waals surface area contributed by atoms with E-state index >= 15 is 0 Å². The molecule has 2 nitrogen and oxygen atoms in total. The highest BCUT2D eigenvalue weighted by Crippen LogP contribution is 2.17. The third-order valence-corrected chi connectivity index (χ3v) is 2.37. The van der Waals surface area contributed by atoms with Crippen LogP contribution in [0.2, 0.25) is 0 Å². The van der Waals surface area contributed by atoms with E-state index < -0.39 is 5.97 Å². The van der Waals surface area contributed by atoms with Gasteiger partial charge < -0.3 is 5.11 Å². The van der Waals surface area contributed by atoms with Crippen molar-refractivity contribution in [3.05, 3.63) is 11.6 Å². The molecule has 0 aliphatic rings. The fraction of sp³-hybridized carbons (Fsp3) is 0.727. The Morgan fingerprint density at radius 1 is 1.46 bits per heavy atom. The zero-order valence-electron chi connectivity index (χ0n) is 8.84.